The Morgan fingerprint density at radius 2 is 2.07 bits per heavy atom. The van der Waals surface area contributed by atoms with Gasteiger partial charge in [0.1, 0.15) is 0 Å². The van der Waals surface area contributed by atoms with Crippen molar-refractivity contribution in [2.24, 2.45) is 5.73 Å². The van der Waals surface area contributed by atoms with Gasteiger partial charge < -0.3 is 11.1 Å². The molecule has 78 valence electrons. The van der Waals surface area contributed by atoms with Crippen LogP contribution in [0.1, 0.15) is 11.1 Å². The molecule has 0 amide bonds. The van der Waals surface area contributed by atoms with Crippen LogP contribution >= 0.6 is 11.3 Å². The average molecular weight is 219 g/mol. The summed E-state index contributed by atoms with van der Waals surface area (Å²) in [6, 6.07) is 8.18. The van der Waals surface area contributed by atoms with Crippen LogP contribution in [0.15, 0.2) is 35.8 Å². The summed E-state index contributed by atoms with van der Waals surface area (Å²) in [4.78, 5) is 4.16. The summed E-state index contributed by atoms with van der Waals surface area (Å²) < 4.78 is 0. The first-order valence-electron chi connectivity index (χ1n) is 4.80. The Morgan fingerprint density at radius 3 is 2.73 bits per heavy atom. The summed E-state index contributed by atoms with van der Waals surface area (Å²) in [5.41, 5.74) is 8.07. The third-order valence-electron chi connectivity index (χ3n) is 2.20. The molecule has 0 atom stereocenters. The smallest absolute Gasteiger partial charge is 0.182 e. The number of hydrogen-bond acceptors (Lipinski definition) is 4. The minimum Gasteiger partial charge on any atom is -0.357 e. The van der Waals surface area contributed by atoms with E-state index in [0.717, 1.165) is 11.7 Å². The van der Waals surface area contributed by atoms with Crippen LogP contribution in [-0.4, -0.2) is 4.98 Å². The maximum Gasteiger partial charge on any atom is 0.182 e. The maximum atomic E-state index is 5.66. The third-order valence-corrected chi connectivity index (χ3v) is 2.93. The molecule has 1 heterocycles. The molecule has 0 radical (unpaired) electrons. The van der Waals surface area contributed by atoms with E-state index in [4.69, 9.17) is 5.73 Å². The molecule has 15 heavy (non-hydrogen) atoms. The average Bonchev–Trinajstić information content (AvgIpc) is 2.79. The Bertz CT molecular complexity index is 412. The molecule has 0 unspecified atom stereocenters. The van der Waals surface area contributed by atoms with E-state index >= 15 is 0 Å². The van der Waals surface area contributed by atoms with Crippen molar-refractivity contribution in [2.75, 3.05) is 5.32 Å². The predicted octanol–water partition coefficient (Wildman–Crippen LogP) is 2.21. The van der Waals surface area contributed by atoms with E-state index in [1.807, 2.05) is 17.5 Å². The Kier molecular flexibility index (Phi) is 3.32. The summed E-state index contributed by atoms with van der Waals surface area (Å²) in [5, 5.41) is 6.17. The lowest BCUT2D eigenvalue weighted by molar-refractivity contribution is 1.01. The van der Waals surface area contributed by atoms with Crippen LogP contribution in [0.25, 0.3) is 0 Å². The van der Waals surface area contributed by atoms with Gasteiger partial charge in [-0.15, -0.1) is 11.3 Å². The summed E-state index contributed by atoms with van der Waals surface area (Å²) >= 11 is 1.60. The van der Waals surface area contributed by atoms with Gasteiger partial charge in [0.2, 0.25) is 0 Å². The van der Waals surface area contributed by atoms with E-state index in [1.165, 1.54) is 11.1 Å². The quantitative estimate of drug-likeness (QED) is 0.829. The molecular weight excluding hydrogens is 206 g/mol. The minimum absolute atomic E-state index is 0.579. The fourth-order valence-electron chi connectivity index (χ4n) is 1.41. The van der Waals surface area contributed by atoms with Crippen LogP contribution in [0.4, 0.5) is 5.13 Å². The monoisotopic (exact) mass is 219 g/mol. The standard InChI is InChI=1S/C11H13N3S/c12-7-9-3-1-2-4-10(9)8-14-11-13-5-6-15-11/h1-6H,7-8,12H2,(H,13,14). The van der Waals surface area contributed by atoms with Crippen LogP contribution in [-0.2, 0) is 13.1 Å². The number of nitrogens with zero attached hydrogens (tertiary/aromatic N) is 1. The molecule has 0 bridgehead atoms. The van der Waals surface area contributed by atoms with E-state index < -0.39 is 0 Å². The number of thiazole rings is 1. The number of nitrogens with two attached hydrogens (primary N) is 1. The van der Waals surface area contributed by atoms with Crippen LogP contribution in [0.3, 0.4) is 0 Å². The second-order valence-corrected chi connectivity index (χ2v) is 4.06. The summed E-state index contributed by atoms with van der Waals surface area (Å²) in [6.45, 7) is 1.36. The van der Waals surface area contributed by atoms with Crippen molar-refractivity contribution in [1.29, 1.82) is 0 Å². The molecule has 4 heteroatoms. The Labute approximate surface area is 93.0 Å². The Morgan fingerprint density at radius 1 is 1.27 bits per heavy atom. The van der Waals surface area contributed by atoms with Crippen molar-refractivity contribution in [3.63, 3.8) is 0 Å². The van der Waals surface area contributed by atoms with E-state index in [9.17, 15) is 0 Å². The molecular formula is C11H13N3S. The van der Waals surface area contributed by atoms with Gasteiger partial charge in [-0.2, -0.15) is 0 Å². The first kappa shape index (κ1) is 10.1. The largest absolute Gasteiger partial charge is 0.357 e. The molecule has 3 nitrogen and oxygen atoms in total. The minimum atomic E-state index is 0.579. The predicted molar refractivity (Wildman–Crippen MR) is 63.8 cm³/mol. The summed E-state index contributed by atoms with van der Waals surface area (Å²) in [6.07, 6.45) is 1.79. The molecule has 0 aliphatic carbocycles. The van der Waals surface area contributed by atoms with Gasteiger partial charge in [0.25, 0.3) is 0 Å². The van der Waals surface area contributed by atoms with Gasteiger partial charge in [-0.25, -0.2) is 4.98 Å². The fourth-order valence-corrected chi connectivity index (χ4v) is 1.94. The molecule has 0 fully saturated rings. The van der Waals surface area contributed by atoms with Gasteiger partial charge in [0.15, 0.2) is 5.13 Å². The van der Waals surface area contributed by atoms with E-state index in [1.54, 1.807) is 17.5 Å². The van der Waals surface area contributed by atoms with Gasteiger partial charge >= 0.3 is 0 Å². The number of anilines is 1. The zero-order valence-corrected chi connectivity index (χ0v) is 9.13. The molecule has 0 saturated heterocycles. The molecule has 3 N–H and O–H groups in total. The van der Waals surface area contributed by atoms with Gasteiger partial charge in [-0.3, -0.25) is 0 Å². The topological polar surface area (TPSA) is 50.9 Å². The molecule has 2 aromatic rings. The molecule has 0 spiro atoms. The van der Waals surface area contributed by atoms with Crippen LogP contribution in [0.2, 0.25) is 0 Å². The lowest BCUT2D eigenvalue weighted by atomic mass is 10.1. The Hall–Kier alpha value is -1.39. The second kappa shape index (κ2) is 4.91. The Balaban J connectivity index is 2.04. The highest BCUT2D eigenvalue weighted by molar-refractivity contribution is 7.13. The zero-order chi connectivity index (χ0) is 10.5. The van der Waals surface area contributed by atoms with E-state index in [0.29, 0.717) is 6.54 Å². The SMILES string of the molecule is NCc1ccccc1CNc1nccs1. The first-order chi connectivity index (χ1) is 7.40. The lowest BCUT2D eigenvalue weighted by Gasteiger charge is -2.07. The van der Waals surface area contributed by atoms with Crippen molar-refractivity contribution in [3.8, 4) is 0 Å². The highest BCUT2D eigenvalue weighted by atomic mass is 32.1. The van der Waals surface area contributed by atoms with Gasteiger partial charge in [0, 0.05) is 24.7 Å². The van der Waals surface area contributed by atoms with Crippen LogP contribution in [0, 0.1) is 0 Å². The highest BCUT2D eigenvalue weighted by Gasteiger charge is 2.00. The van der Waals surface area contributed by atoms with Crippen molar-refractivity contribution in [3.05, 3.63) is 47.0 Å². The van der Waals surface area contributed by atoms with Gasteiger partial charge in [-0.1, -0.05) is 24.3 Å². The van der Waals surface area contributed by atoms with Crippen molar-refractivity contribution in [1.82, 2.24) is 4.98 Å². The second-order valence-electron chi connectivity index (χ2n) is 3.16. The summed E-state index contributed by atoms with van der Waals surface area (Å²) in [5.74, 6) is 0. The molecule has 0 aliphatic rings. The highest BCUT2D eigenvalue weighted by Crippen LogP contribution is 2.14. The normalized spacial score (nSPS) is 10.2. The summed E-state index contributed by atoms with van der Waals surface area (Å²) in [7, 11) is 0. The van der Waals surface area contributed by atoms with Crippen molar-refractivity contribution < 1.29 is 0 Å². The van der Waals surface area contributed by atoms with Crippen LogP contribution in [0.5, 0.6) is 0 Å². The zero-order valence-electron chi connectivity index (χ0n) is 8.31. The first-order valence-corrected chi connectivity index (χ1v) is 5.68. The lowest BCUT2D eigenvalue weighted by Crippen LogP contribution is -2.05. The van der Waals surface area contributed by atoms with Gasteiger partial charge in [-0.05, 0) is 11.1 Å². The number of rotatable bonds is 4. The molecule has 1 aromatic heterocycles. The molecule has 0 saturated carbocycles. The van der Waals surface area contributed by atoms with Gasteiger partial charge in [0.05, 0.1) is 0 Å². The number of nitrogens with one attached hydrogen (secondary N) is 1. The molecule has 0 aliphatic heterocycles. The van der Waals surface area contributed by atoms with Crippen molar-refractivity contribution in [2.45, 2.75) is 13.1 Å². The van der Waals surface area contributed by atoms with Crippen LogP contribution < -0.4 is 11.1 Å². The molecule has 1 aromatic carbocycles. The third kappa shape index (κ3) is 2.55. The number of hydrogen-bond donors (Lipinski definition) is 2. The van der Waals surface area contributed by atoms with E-state index in [-0.39, 0.29) is 0 Å². The number of aromatic nitrogens is 1. The maximum absolute atomic E-state index is 5.66. The fraction of sp³-hybridized carbons (Fsp3) is 0.182. The molecule has 2 rings (SSSR count). The van der Waals surface area contributed by atoms with Crippen molar-refractivity contribution >= 4 is 16.5 Å². The number of benzene rings is 1. The van der Waals surface area contributed by atoms with E-state index in [2.05, 4.69) is 22.4 Å².